The number of carboxylic acids is 1. The van der Waals surface area contributed by atoms with Crippen molar-refractivity contribution in [2.75, 3.05) is 0 Å². The molecule has 4 nitrogen and oxygen atoms in total. The smallest absolute Gasteiger partial charge is 0.336 e. The van der Waals surface area contributed by atoms with Gasteiger partial charge in [0.05, 0.1) is 11.1 Å². The van der Waals surface area contributed by atoms with Gasteiger partial charge in [-0.2, -0.15) is 0 Å². The van der Waals surface area contributed by atoms with Crippen molar-refractivity contribution < 1.29 is 9.90 Å². The van der Waals surface area contributed by atoms with Crippen LogP contribution in [0.1, 0.15) is 27.2 Å². The van der Waals surface area contributed by atoms with E-state index in [1.165, 1.54) is 27.7 Å². The lowest BCUT2D eigenvalue weighted by atomic mass is 10.1. The fourth-order valence-corrected chi connectivity index (χ4v) is 3.86. The van der Waals surface area contributed by atoms with Crippen LogP contribution in [0.15, 0.2) is 91.1 Å². The molecule has 154 valence electrons. The maximum Gasteiger partial charge on any atom is 0.336 e. The summed E-state index contributed by atoms with van der Waals surface area (Å²) in [6, 6.07) is 27.8. The van der Waals surface area contributed by atoms with Gasteiger partial charge in [-0.15, -0.1) is 0 Å². The largest absolute Gasteiger partial charge is 0.478 e. The predicted octanol–water partition coefficient (Wildman–Crippen LogP) is 6.24. The molecule has 0 aliphatic heterocycles. The molecule has 31 heavy (non-hydrogen) atoms. The second-order valence-corrected chi connectivity index (χ2v) is 7.48. The zero-order valence-corrected chi connectivity index (χ0v) is 17.6. The maximum atomic E-state index is 10.8. The van der Waals surface area contributed by atoms with Crippen molar-refractivity contribution in [2.24, 2.45) is 0 Å². The lowest BCUT2D eigenvalue weighted by Crippen LogP contribution is -2.01. The summed E-state index contributed by atoms with van der Waals surface area (Å²) in [5.41, 5.74) is 6.44. The summed E-state index contributed by atoms with van der Waals surface area (Å²) in [5, 5.41) is 10.9. The highest BCUT2D eigenvalue weighted by atomic mass is 16.4. The number of hydrogen-bond acceptors (Lipinski definition) is 2. The highest BCUT2D eigenvalue weighted by Gasteiger charge is 2.10. The van der Waals surface area contributed by atoms with Crippen LogP contribution in [0.2, 0.25) is 0 Å². The number of fused-ring (bicyclic) bond motifs is 2. The molecular formula is C27H24N2O2. The van der Waals surface area contributed by atoms with Crippen molar-refractivity contribution in [2.45, 2.75) is 20.4 Å². The normalized spacial score (nSPS) is 10.6. The molecule has 0 unspecified atom stereocenters. The molecule has 2 aromatic heterocycles. The van der Waals surface area contributed by atoms with Crippen LogP contribution in [-0.4, -0.2) is 20.6 Å². The van der Waals surface area contributed by atoms with Gasteiger partial charge < -0.3 is 9.67 Å². The highest BCUT2D eigenvalue weighted by Crippen LogP contribution is 2.25. The van der Waals surface area contributed by atoms with Crippen LogP contribution < -0.4 is 0 Å². The minimum Gasteiger partial charge on any atom is -0.478 e. The maximum absolute atomic E-state index is 10.8. The highest BCUT2D eigenvalue weighted by molar-refractivity contribution is 6.02. The fourth-order valence-electron chi connectivity index (χ4n) is 3.86. The SMILES string of the molecule is Cc1c(C)n(Cc2ccccc2)c2ccccc12.O=C(O)c1cccc2ncccc12. The minimum atomic E-state index is -0.918. The lowest BCUT2D eigenvalue weighted by Gasteiger charge is -2.08. The molecule has 0 aliphatic rings. The first kappa shape index (κ1) is 20.4. The molecule has 1 N–H and O–H groups in total. The number of carboxylic acid groups (broad SMARTS) is 1. The summed E-state index contributed by atoms with van der Waals surface area (Å²) in [6.45, 7) is 5.36. The molecule has 2 heterocycles. The molecule has 0 amide bonds. The Morgan fingerprint density at radius 3 is 2.32 bits per heavy atom. The molecule has 0 fully saturated rings. The Labute approximate surface area is 181 Å². The van der Waals surface area contributed by atoms with Crippen molar-refractivity contribution in [3.63, 3.8) is 0 Å². The quantitative estimate of drug-likeness (QED) is 0.384. The van der Waals surface area contributed by atoms with Gasteiger partial charge in [-0.1, -0.05) is 60.7 Å². The number of pyridine rings is 1. The van der Waals surface area contributed by atoms with E-state index in [0.29, 0.717) is 16.5 Å². The van der Waals surface area contributed by atoms with E-state index in [1.54, 1.807) is 36.5 Å². The molecule has 0 aliphatic carbocycles. The summed E-state index contributed by atoms with van der Waals surface area (Å²) >= 11 is 0. The van der Waals surface area contributed by atoms with Gasteiger partial charge in [-0.25, -0.2) is 4.79 Å². The molecule has 4 heteroatoms. The van der Waals surface area contributed by atoms with Crippen molar-refractivity contribution in [1.29, 1.82) is 0 Å². The van der Waals surface area contributed by atoms with Crippen molar-refractivity contribution in [1.82, 2.24) is 9.55 Å². The van der Waals surface area contributed by atoms with Crippen LogP contribution in [0.5, 0.6) is 0 Å². The molecular weight excluding hydrogens is 384 g/mol. The van der Waals surface area contributed by atoms with E-state index in [9.17, 15) is 4.79 Å². The van der Waals surface area contributed by atoms with Gasteiger partial charge in [-0.05, 0) is 49.2 Å². The summed E-state index contributed by atoms with van der Waals surface area (Å²) in [4.78, 5) is 14.8. The lowest BCUT2D eigenvalue weighted by molar-refractivity contribution is 0.0699. The Balaban J connectivity index is 0.000000158. The van der Waals surface area contributed by atoms with Crippen LogP contribution in [0, 0.1) is 13.8 Å². The topological polar surface area (TPSA) is 55.1 Å². The standard InChI is InChI=1S/C17H17N.C10H7NO2/c1-13-14(2)18(12-15-8-4-3-5-9-15)17-11-7-6-10-16(13)17;12-10(13)8-3-1-5-9-7(8)4-2-6-11-9/h3-11H,12H2,1-2H3;1-6H,(H,12,13). The van der Waals surface area contributed by atoms with Gasteiger partial charge in [0.25, 0.3) is 0 Å². The van der Waals surface area contributed by atoms with Gasteiger partial charge in [0.15, 0.2) is 0 Å². The summed E-state index contributed by atoms with van der Waals surface area (Å²) in [7, 11) is 0. The summed E-state index contributed by atoms with van der Waals surface area (Å²) in [6.07, 6.45) is 1.65. The third-order valence-electron chi connectivity index (χ3n) is 5.61. The summed E-state index contributed by atoms with van der Waals surface area (Å²) in [5.74, 6) is -0.918. The van der Waals surface area contributed by atoms with Gasteiger partial charge >= 0.3 is 5.97 Å². The predicted molar refractivity (Wildman–Crippen MR) is 126 cm³/mol. The van der Waals surface area contributed by atoms with Crippen LogP contribution in [0.3, 0.4) is 0 Å². The minimum absolute atomic E-state index is 0.297. The number of para-hydroxylation sites is 1. The Morgan fingerprint density at radius 2 is 1.55 bits per heavy atom. The molecule has 0 atom stereocenters. The van der Waals surface area contributed by atoms with Crippen molar-refractivity contribution in [3.8, 4) is 0 Å². The van der Waals surface area contributed by atoms with Crippen LogP contribution in [-0.2, 0) is 6.54 Å². The summed E-state index contributed by atoms with van der Waals surface area (Å²) < 4.78 is 2.40. The first-order valence-electron chi connectivity index (χ1n) is 10.2. The molecule has 5 aromatic rings. The number of carbonyl (C=O) groups is 1. The van der Waals surface area contributed by atoms with E-state index in [1.807, 2.05) is 0 Å². The average molecular weight is 409 g/mol. The first-order chi connectivity index (χ1) is 15.1. The molecule has 3 aromatic carbocycles. The Bertz CT molecular complexity index is 1350. The van der Waals surface area contributed by atoms with E-state index < -0.39 is 5.97 Å². The molecule has 0 saturated heterocycles. The molecule has 0 radical (unpaired) electrons. The monoisotopic (exact) mass is 408 g/mol. The van der Waals surface area contributed by atoms with Gasteiger partial charge in [0, 0.05) is 34.7 Å². The van der Waals surface area contributed by atoms with Crippen LogP contribution >= 0.6 is 0 Å². The number of rotatable bonds is 3. The second kappa shape index (κ2) is 8.84. The molecule has 5 rings (SSSR count). The zero-order chi connectivity index (χ0) is 21.8. The molecule has 0 spiro atoms. The number of aromatic nitrogens is 2. The van der Waals surface area contributed by atoms with Crippen LogP contribution in [0.25, 0.3) is 21.8 Å². The van der Waals surface area contributed by atoms with Crippen molar-refractivity contribution >= 4 is 27.8 Å². The number of aryl methyl sites for hydroxylation is 1. The average Bonchev–Trinajstić information content (AvgIpc) is 3.05. The zero-order valence-electron chi connectivity index (χ0n) is 17.6. The van der Waals surface area contributed by atoms with E-state index >= 15 is 0 Å². The van der Waals surface area contributed by atoms with E-state index in [2.05, 4.69) is 78.0 Å². The molecule has 0 bridgehead atoms. The van der Waals surface area contributed by atoms with Gasteiger partial charge in [0.1, 0.15) is 0 Å². The van der Waals surface area contributed by atoms with Gasteiger partial charge in [-0.3, -0.25) is 4.98 Å². The van der Waals surface area contributed by atoms with E-state index in [4.69, 9.17) is 5.11 Å². The van der Waals surface area contributed by atoms with Gasteiger partial charge in [0.2, 0.25) is 0 Å². The number of hydrogen-bond donors (Lipinski definition) is 1. The van der Waals surface area contributed by atoms with E-state index in [0.717, 1.165) is 6.54 Å². The first-order valence-corrected chi connectivity index (χ1v) is 10.2. The number of benzene rings is 3. The Hall–Kier alpha value is -3.92. The van der Waals surface area contributed by atoms with Crippen LogP contribution in [0.4, 0.5) is 0 Å². The number of aromatic carboxylic acids is 1. The van der Waals surface area contributed by atoms with Crippen molar-refractivity contribution in [3.05, 3.63) is 114 Å². The second-order valence-electron chi connectivity index (χ2n) is 7.48. The Morgan fingerprint density at radius 1 is 0.839 bits per heavy atom. The van der Waals surface area contributed by atoms with E-state index in [-0.39, 0.29) is 0 Å². The molecule has 0 saturated carbocycles. The fraction of sp³-hybridized carbons (Fsp3) is 0.111. The third kappa shape index (κ3) is 4.19. The Kier molecular flexibility index (Phi) is 5.80. The third-order valence-corrected chi connectivity index (χ3v) is 5.61. The number of nitrogens with zero attached hydrogens (tertiary/aromatic N) is 2.